The zero-order chi connectivity index (χ0) is 11.5. The standard InChI is InChI=1S/C12H13N3O/c1-9(2)10-6-14-15(7-10)12-4-3-5-13-11(12)8-16/h3-9H,1-2H3. The molecule has 4 heteroatoms. The molecule has 0 saturated carbocycles. The summed E-state index contributed by atoms with van der Waals surface area (Å²) in [6.45, 7) is 4.20. The van der Waals surface area contributed by atoms with Crippen LogP contribution >= 0.6 is 0 Å². The third-order valence-electron chi connectivity index (χ3n) is 2.44. The van der Waals surface area contributed by atoms with Crippen molar-refractivity contribution in [2.24, 2.45) is 0 Å². The highest BCUT2D eigenvalue weighted by Crippen LogP contribution is 2.16. The van der Waals surface area contributed by atoms with Crippen LogP contribution in [0.5, 0.6) is 0 Å². The van der Waals surface area contributed by atoms with Crippen LogP contribution in [0.4, 0.5) is 0 Å². The number of aromatic nitrogens is 3. The smallest absolute Gasteiger partial charge is 0.170 e. The maximum atomic E-state index is 10.8. The number of carbonyl (C=O) groups is 1. The van der Waals surface area contributed by atoms with Crippen molar-refractivity contribution in [3.8, 4) is 5.69 Å². The fraction of sp³-hybridized carbons (Fsp3) is 0.250. The van der Waals surface area contributed by atoms with E-state index in [0.717, 1.165) is 11.8 Å². The second kappa shape index (κ2) is 4.26. The van der Waals surface area contributed by atoms with Gasteiger partial charge < -0.3 is 0 Å². The number of rotatable bonds is 3. The SMILES string of the molecule is CC(C)c1cnn(-c2cccnc2C=O)c1. The Kier molecular flexibility index (Phi) is 2.81. The normalized spacial score (nSPS) is 10.7. The van der Waals surface area contributed by atoms with Crippen LogP contribution in [0, 0.1) is 0 Å². The average Bonchev–Trinajstić information content (AvgIpc) is 2.78. The van der Waals surface area contributed by atoms with Gasteiger partial charge >= 0.3 is 0 Å². The number of carbonyl (C=O) groups excluding carboxylic acids is 1. The number of aldehydes is 1. The van der Waals surface area contributed by atoms with E-state index in [2.05, 4.69) is 23.9 Å². The van der Waals surface area contributed by atoms with Crippen molar-refractivity contribution in [3.05, 3.63) is 42.0 Å². The number of pyridine rings is 1. The molecule has 0 aromatic carbocycles. The van der Waals surface area contributed by atoms with Crippen LogP contribution in [0.15, 0.2) is 30.7 Å². The van der Waals surface area contributed by atoms with E-state index in [9.17, 15) is 4.79 Å². The predicted molar refractivity (Wildman–Crippen MR) is 60.8 cm³/mol. The lowest BCUT2D eigenvalue weighted by molar-refractivity contribution is 0.111. The maximum absolute atomic E-state index is 10.8. The molecule has 0 saturated heterocycles. The summed E-state index contributed by atoms with van der Waals surface area (Å²) in [6, 6.07) is 3.62. The van der Waals surface area contributed by atoms with Gasteiger partial charge in [-0.15, -0.1) is 0 Å². The van der Waals surface area contributed by atoms with Crippen molar-refractivity contribution >= 4 is 6.29 Å². The fourth-order valence-electron chi connectivity index (χ4n) is 1.46. The third-order valence-corrected chi connectivity index (χ3v) is 2.44. The molecule has 0 amide bonds. The molecule has 0 unspecified atom stereocenters. The molecule has 2 aromatic rings. The predicted octanol–water partition coefficient (Wildman–Crippen LogP) is 2.20. The van der Waals surface area contributed by atoms with Crippen molar-refractivity contribution in [2.75, 3.05) is 0 Å². The first-order valence-corrected chi connectivity index (χ1v) is 5.17. The fourth-order valence-corrected chi connectivity index (χ4v) is 1.46. The van der Waals surface area contributed by atoms with Crippen LogP contribution in [0.25, 0.3) is 5.69 Å². The third kappa shape index (κ3) is 1.86. The van der Waals surface area contributed by atoms with E-state index in [0.29, 0.717) is 17.3 Å². The van der Waals surface area contributed by atoms with Gasteiger partial charge in [0.1, 0.15) is 5.69 Å². The van der Waals surface area contributed by atoms with Crippen LogP contribution in [0.3, 0.4) is 0 Å². The molecule has 82 valence electrons. The Morgan fingerprint density at radius 3 is 2.88 bits per heavy atom. The Bertz CT molecular complexity index is 502. The molecule has 0 radical (unpaired) electrons. The molecule has 0 bridgehead atoms. The summed E-state index contributed by atoms with van der Waals surface area (Å²) >= 11 is 0. The molecule has 0 aliphatic rings. The summed E-state index contributed by atoms with van der Waals surface area (Å²) in [6.07, 6.45) is 6.08. The van der Waals surface area contributed by atoms with Gasteiger partial charge in [-0.25, -0.2) is 4.68 Å². The summed E-state index contributed by atoms with van der Waals surface area (Å²) in [5, 5.41) is 4.23. The van der Waals surface area contributed by atoms with Gasteiger partial charge in [0, 0.05) is 12.4 Å². The second-order valence-electron chi connectivity index (χ2n) is 3.90. The molecule has 0 aliphatic heterocycles. The quantitative estimate of drug-likeness (QED) is 0.737. The zero-order valence-corrected chi connectivity index (χ0v) is 9.29. The zero-order valence-electron chi connectivity index (χ0n) is 9.29. The number of hydrogen-bond donors (Lipinski definition) is 0. The summed E-state index contributed by atoms with van der Waals surface area (Å²) in [4.78, 5) is 14.8. The Labute approximate surface area is 93.9 Å². The minimum absolute atomic E-state index is 0.404. The van der Waals surface area contributed by atoms with E-state index in [4.69, 9.17) is 0 Å². The van der Waals surface area contributed by atoms with Gasteiger partial charge in [-0.3, -0.25) is 9.78 Å². The lowest BCUT2D eigenvalue weighted by Gasteiger charge is -2.03. The van der Waals surface area contributed by atoms with E-state index >= 15 is 0 Å². The van der Waals surface area contributed by atoms with Gasteiger partial charge in [0.15, 0.2) is 6.29 Å². The van der Waals surface area contributed by atoms with E-state index in [1.54, 1.807) is 16.9 Å². The molecular weight excluding hydrogens is 202 g/mol. The lowest BCUT2D eigenvalue weighted by Crippen LogP contribution is -2.01. The summed E-state index contributed by atoms with van der Waals surface area (Å²) in [5.41, 5.74) is 2.26. The van der Waals surface area contributed by atoms with Gasteiger partial charge in [-0.2, -0.15) is 5.10 Å². The minimum atomic E-state index is 0.404. The van der Waals surface area contributed by atoms with Gasteiger partial charge in [0.2, 0.25) is 0 Å². The number of nitrogens with zero attached hydrogens (tertiary/aromatic N) is 3. The van der Waals surface area contributed by atoms with Crippen molar-refractivity contribution in [2.45, 2.75) is 19.8 Å². The van der Waals surface area contributed by atoms with Crippen LogP contribution in [-0.4, -0.2) is 21.1 Å². The van der Waals surface area contributed by atoms with Gasteiger partial charge in [0.05, 0.1) is 11.9 Å². The van der Waals surface area contributed by atoms with E-state index in [-0.39, 0.29) is 0 Å². The average molecular weight is 215 g/mol. The highest BCUT2D eigenvalue weighted by atomic mass is 16.1. The van der Waals surface area contributed by atoms with Crippen LogP contribution in [0.1, 0.15) is 35.8 Å². The van der Waals surface area contributed by atoms with Crippen LogP contribution in [-0.2, 0) is 0 Å². The van der Waals surface area contributed by atoms with Gasteiger partial charge in [0.25, 0.3) is 0 Å². The summed E-state index contributed by atoms with van der Waals surface area (Å²) in [7, 11) is 0. The van der Waals surface area contributed by atoms with Gasteiger partial charge in [-0.05, 0) is 23.6 Å². The van der Waals surface area contributed by atoms with Crippen LogP contribution < -0.4 is 0 Å². The first kappa shape index (κ1) is 10.5. The molecule has 0 spiro atoms. The van der Waals surface area contributed by atoms with Crippen molar-refractivity contribution in [1.82, 2.24) is 14.8 Å². The topological polar surface area (TPSA) is 47.8 Å². The molecular formula is C12H13N3O. The van der Waals surface area contributed by atoms with Crippen molar-refractivity contribution in [1.29, 1.82) is 0 Å². The minimum Gasteiger partial charge on any atom is -0.296 e. The van der Waals surface area contributed by atoms with Crippen LogP contribution in [0.2, 0.25) is 0 Å². The van der Waals surface area contributed by atoms with Crippen molar-refractivity contribution in [3.63, 3.8) is 0 Å². The molecule has 2 rings (SSSR count). The van der Waals surface area contributed by atoms with Crippen molar-refractivity contribution < 1.29 is 4.79 Å². The van der Waals surface area contributed by atoms with Gasteiger partial charge in [-0.1, -0.05) is 13.8 Å². The molecule has 0 N–H and O–H groups in total. The first-order valence-electron chi connectivity index (χ1n) is 5.17. The molecule has 4 nitrogen and oxygen atoms in total. The van der Waals surface area contributed by atoms with E-state index in [1.807, 2.05) is 18.5 Å². The second-order valence-corrected chi connectivity index (χ2v) is 3.90. The monoisotopic (exact) mass is 215 g/mol. The van der Waals surface area contributed by atoms with E-state index in [1.165, 1.54) is 0 Å². The molecule has 16 heavy (non-hydrogen) atoms. The molecule has 2 heterocycles. The molecule has 2 aromatic heterocycles. The highest BCUT2D eigenvalue weighted by molar-refractivity contribution is 5.77. The largest absolute Gasteiger partial charge is 0.296 e. The van der Waals surface area contributed by atoms with E-state index < -0.39 is 0 Å². The summed E-state index contributed by atoms with van der Waals surface area (Å²) in [5.74, 6) is 0.421. The molecule has 0 aliphatic carbocycles. The Balaban J connectivity index is 2.46. The number of hydrogen-bond acceptors (Lipinski definition) is 3. The molecule has 0 fully saturated rings. The molecule has 0 atom stereocenters. The Hall–Kier alpha value is -1.97. The lowest BCUT2D eigenvalue weighted by atomic mass is 10.1. The Morgan fingerprint density at radius 2 is 2.25 bits per heavy atom. The first-order chi connectivity index (χ1) is 7.72. The maximum Gasteiger partial charge on any atom is 0.170 e. The Morgan fingerprint density at radius 1 is 1.44 bits per heavy atom. The highest BCUT2D eigenvalue weighted by Gasteiger charge is 2.07. The summed E-state index contributed by atoms with van der Waals surface area (Å²) < 4.78 is 1.69.